The van der Waals surface area contributed by atoms with Crippen LogP contribution in [0.2, 0.25) is 0 Å². The molecule has 2 N–H and O–H groups in total. The average molecular weight is 232 g/mol. The Morgan fingerprint density at radius 2 is 2.12 bits per heavy atom. The van der Waals surface area contributed by atoms with E-state index < -0.39 is 0 Å². The first-order valence-electron chi connectivity index (χ1n) is 5.81. The summed E-state index contributed by atoms with van der Waals surface area (Å²) in [6, 6.07) is 3.51. The van der Waals surface area contributed by atoms with Crippen LogP contribution in [0.15, 0.2) is 29.0 Å². The van der Waals surface area contributed by atoms with E-state index in [0.717, 1.165) is 24.8 Å². The van der Waals surface area contributed by atoms with Gasteiger partial charge in [0.1, 0.15) is 0 Å². The number of nitrogens with zero attached hydrogens (tertiary/aromatic N) is 3. The molecule has 0 bridgehead atoms. The van der Waals surface area contributed by atoms with Crippen molar-refractivity contribution < 1.29 is 4.52 Å². The van der Waals surface area contributed by atoms with Crippen LogP contribution in [0, 0.1) is 0 Å². The van der Waals surface area contributed by atoms with E-state index >= 15 is 0 Å². The zero-order valence-corrected chi connectivity index (χ0v) is 9.84. The van der Waals surface area contributed by atoms with Crippen molar-refractivity contribution in [2.75, 3.05) is 0 Å². The van der Waals surface area contributed by atoms with Crippen molar-refractivity contribution in [1.29, 1.82) is 0 Å². The Balaban J connectivity index is 2.11. The number of pyridine rings is 1. The fraction of sp³-hybridized carbons (Fsp3) is 0.417. The van der Waals surface area contributed by atoms with Crippen molar-refractivity contribution in [3.05, 3.63) is 30.4 Å². The Morgan fingerprint density at radius 3 is 2.82 bits per heavy atom. The molecular formula is C12H16N4O. The van der Waals surface area contributed by atoms with Crippen LogP contribution in [0.5, 0.6) is 0 Å². The van der Waals surface area contributed by atoms with E-state index in [1.807, 2.05) is 12.1 Å². The molecule has 2 aromatic rings. The molecule has 0 aliphatic rings. The van der Waals surface area contributed by atoms with Gasteiger partial charge in [0.2, 0.25) is 11.7 Å². The van der Waals surface area contributed by atoms with E-state index in [2.05, 4.69) is 22.0 Å². The molecule has 0 radical (unpaired) electrons. The highest BCUT2D eigenvalue weighted by Crippen LogP contribution is 2.19. The Labute approximate surface area is 100 Å². The smallest absolute Gasteiger partial charge is 0.243 e. The van der Waals surface area contributed by atoms with Crippen molar-refractivity contribution in [3.8, 4) is 11.4 Å². The molecule has 0 aliphatic carbocycles. The van der Waals surface area contributed by atoms with E-state index in [0.29, 0.717) is 11.7 Å². The quantitative estimate of drug-likeness (QED) is 0.855. The molecule has 90 valence electrons. The minimum atomic E-state index is -0.168. The van der Waals surface area contributed by atoms with Crippen molar-refractivity contribution >= 4 is 0 Å². The molecule has 0 amide bonds. The molecule has 0 spiro atoms. The second kappa shape index (κ2) is 5.54. The maximum Gasteiger partial charge on any atom is 0.243 e. The Hall–Kier alpha value is -1.75. The standard InChI is InChI=1S/C12H16N4O/c1-2-3-4-10(13)12-15-11(16-17-12)9-5-7-14-8-6-9/h5-8,10H,2-4,13H2,1H3. The molecule has 0 saturated heterocycles. The zero-order chi connectivity index (χ0) is 12.1. The molecule has 0 aliphatic heterocycles. The van der Waals surface area contributed by atoms with Gasteiger partial charge in [-0.2, -0.15) is 4.98 Å². The van der Waals surface area contributed by atoms with Gasteiger partial charge in [0.05, 0.1) is 6.04 Å². The minimum absolute atomic E-state index is 0.168. The topological polar surface area (TPSA) is 77.8 Å². The Morgan fingerprint density at radius 1 is 1.35 bits per heavy atom. The summed E-state index contributed by atoms with van der Waals surface area (Å²) in [7, 11) is 0. The highest BCUT2D eigenvalue weighted by molar-refractivity contribution is 5.52. The molecule has 0 aromatic carbocycles. The van der Waals surface area contributed by atoms with Gasteiger partial charge in [-0.3, -0.25) is 4.98 Å². The second-order valence-electron chi connectivity index (χ2n) is 3.94. The van der Waals surface area contributed by atoms with E-state index in [1.165, 1.54) is 0 Å². The summed E-state index contributed by atoms with van der Waals surface area (Å²) in [4.78, 5) is 8.25. The van der Waals surface area contributed by atoms with E-state index in [4.69, 9.17) is 10.3 Å². The van der Waals surface area contributed by atoms with Crippen molar-refractivity contribution in [2.24, 2.45) is 5.73 Å². The fourth-order valence-electron chi connectivity index (χ4n) is 1.55. The third-order valence-corrected chi connectivity index (χ3v) is 2.57. The van der Waals surface area contributed by atoms with Gasteiger partial charge in [0.25, 0.3) is 0 Å². The first-order valence-corrected chi connectivity index (χ1v) is 5.81. The molecular weight excluding hydrogens is 216 g/mol. The lowest BCUT2D eigenvalue weighted by atomic mass is 10.1. The summed E-state index contributed by atoms with van der Waals surface area (Å²) in [5, 5.41) is 3.92. The van der Waals surface area contributed by atoms with Crippen LogP contribution in [0.25, 0.3) is 11.4 Å². The molecule has 17 heavy (non-hydrogen) atoms. The lowest BCUT2D eigenvalue weighted by Gasteiger charge is -2.03. The summed E-state index contributed by atoms with van der Waals surface area (Å²) in [5.41, 5.74) is 6.85. The summed E-state index contributed by atoms with van der Waals surface area (Å²) in [6.45, 7) is 2.13. The molecule has 1 unspecified atom stereocenters. The largest absolute Gasteiger partial charge is 0.337 e. The Bertz CT molecular complexity index is 455. The van der Waals surface area contributed by atoms with Crippen molar-refractivity contribution in [1.82, 2.24) is 15.1 Å². The van der Waals surface area contributed by atoms with E-state index in [9.17, 15) is 0 Å². The Kier molecular flexibility index (Phi) is 3.82. The predicted molar refractivity (Wildman–Crippen MR) is 64.0 cm³/mol. The van der Waals surface area contributed by atoms with Gasteiger partial charge in [-0.1, -0.05) is 24.9 Å². The zero-order valence-electron chi connectivity index (χ0n) is 9.84. The van der Waals surface area contributed by atoms with E-state index in [1.54, 1.807) is 12.4 Å². The number of nitrogens with two attached hydrogens (primary N) is 1. The molecule has 0 fully saturated rings. The minimum Gasteiger partial charge on any atom is -0.337 e. The third-order valence-electron chi connectivity index (χ3n) is 2.57. The van der Waals surface area contributed by atoms with Crippen LogP contribution < -0.4 is 5.73 Å². The molecule has 5 heteroatoms. The van der Waals surface area contributed by atoms with Crippen LogP contribution in [0.1, 0.15) is 38.1 Å². The molecule has 2 heterocycles. The van der Waals surface area contributed by atoms with Crippen LogP contribution in [0.4, 0.5) is 0 Å². The summed E-state index contributed by atoms with van der Waals surface area (Å²) in [5.74, 6) is 1.07. The number of rotatable bonds is 5. The second-order valence-corrected chi connectivity index (χ2v) is 3.94. The number of hydrogen-bond donors (Lipinski definition) is 1. The summed E-state index contributed by atoms with van der Waals surface area (Å²) < 4.78 is 5.17. The van der Waals surface area contributed by atoms with Gasteiger partial charge in [0, 0.05) is 18.0 Å². The van der Waals surface area contributed by atoms with Crippen LogP contribution in [-0.4, -0.2) is 15.1 Å². The number of unbranched alkanes of at least 4 members (excludes halogenated alkanes) is 1. The average Bonchev–Trinajstić information content (AvgIpc) is 2.86. The lowest BCUT2D eigenvalue weighted by Crippen LogP contribution is -2.10. The van der Waals surface area contributed by atoms with Gasteiger partial charge < -0.3 is 10.3 Å². The van der Waals surface area contributed by atoms with Crippen molar-refractivity contribution in [3.63, 3.8) is 0 Å². The fourth-order valence-corrected chi connectivity index (χ4v) is 1.55. The SMILES string of the molecule is CCCCC(N)c1nc(-c2ccncc2)no1. The third kappa shape index (κ3) is 2.88. The first kappa shape index (κ1) is 11.7. The van der Waals surface area contributed by atoms with Gasteiger partial charge in [-0.15, -0.1) is 0 Å². The summed E-state index contributed by atoms with van der Waals surface area (Å²) >= 11 is 0. The number of aromatic nitrogens is 3. The van der Waals surface area contributed by atoms with Crippen LogP contribution in [-0.2, 0) is 0 Å². The monoisotopic (exact) mass is 232 g/mol. The lowest BCUT2D eigenvalue weighted by molar-refractivity contribution is 0.346. The van der Waals surface area contributed by atoms with Gasteiger partial charge in [0.15, 0.2) is 0 Å². The van der Waals surface area contributed by atoms with Crippen molar-refractivity contribution in [2.45, 2.75) is 32.2 Å². The highest BCUT2D eigenvalue weighted by Gasteiger charge is 2.14. The van der Waals surface area contributed by atoms with Gasteiger partial charge in [-0.25, -0.2) is 0 Å². The van der Waals surface area contributed by atoms with Crippen LogP contribution >= 0.6 is 0 Å². The molecule has 1 atom stereocenters. The highest BCUT2D eigenvalue weighted by atomic mass is 16.5. The normalized spacial score (nSPS) is 12.6. The maximum atomic E-state index is 5.96. The molecule has 0 saturated carbocycles. The molecule has 5 nitrogen and oxygen atoms in total. The summed E-state index contributed by atoms with van der Waals surface area (Å²) in [6.07, 6.45) is 6.44. The van der Waals surface area contributed by atoms with Gasteiger partial charge in [-0.05, 0) is 18.6 Å². The van der Waals surface area contributed by atoms with E-state index in [-0.39, 0.29) is 6.04 Å². The predicted octanol–water partition coefficient (Wildman–Crippen LogP) is 2.32. The van der Waals surface area contributed by atoms with Gasteiger partial charge >= 0.3 is 0 Å². The molecule has 2 aromatic heterocycles. The number of hydrogen-bond acceptors (Lipinski definition) is 5. The molecule has 2 rings (SSSR count). The maximum absolute atomic E-state index is 5.96. The van der Waals surface area contributed by atoms with Crippen LogP contribution in [0.3, 0.4) is 0 Å². The first-order chi connectivity index (χ1) is 8.31.